The van der Waals surface area contributed by atoms with E-state index in [1.807, 2.05) is 61.5 Å². The van der Waals surface area contributed by atoms with E-state index in [1.165, 1.54) is 0 Å². The number of benzene rings is 2. The van der Waals surface area contributed by atoms with Crippen LogP contribution in [0, 0.1) is 0 Å². The summed E-state index contributed by atoms with van der Waals surface area (Å²) in [6, 6.07) is 16.7. The average Bonchev–Trinajstić information content (AvgIpc) is 2.60. The van der Waals surface area contributed by atoms with Crippen LogP contribution in [0.3, 0.4) is 0 Å². The van der Waals surface area contributed by atoms with Gasteiger partial charge >= 0.3 is 0 Å². The molecule has 0 saturated carbocycles. The monoisotopic (exact) mass is 311 g/mol. The van der Waals surface area contributed by atoms with Gasteiger partial charge in [0.2, 0.25) is 0 Å². The molecule has 0 heterocycles. The fraction of sp³-hybridized carbons (Fsp3) is 0.222. The first-order valence-electron chi connectivity index (χ1n) is 7.40. The summed E-state index contributed by atoms with van der Waals surface area (Å²) in [5.74, 6) is 0.576. The fourth-order valence-corrected chi connectivity index (χ4v) is 1.98. The van der Waals surface area contributed by atoms with Gasteiger partial charge in [-0.25, -0.2) is 5.43 Å². The molecule has 2 rings (SSSR count). The van der Waals surface area contributed by atoms with Crippen LogP contribution in [0.5, 0.6) is 5.75 Å². The molecule has 5 heteroatoms. The van der Waals surface area contributed by atoms with Crippen LogP contribution in [-0.4, -0.2) is 24.8 Å². The van der Waals surface area contributed by atoms with Crippen LogP contribution in [0.15, 0.2) is 59.7 Å². The van der Waals surface area contributed by atoms with Crippen LogP contribution >= 0.6 is 0 Å². The number of hydrogen-bond donors (Lipinski definition) is 2. The third-order valence-electron chi connectivity index (χ3n) is 3.39. The highest BCUT2D eigenvalue weighted by molar-refractivity contribution is 5.99. The number of carbonyl (C=O) groups excluding carboxylic acids is 1. The lowest BCUT2D eigenvalue weighted by Gasteiger charge is -2.14. The molecule has 2 aromatic carbocycles. The molecule has 2 aromatic rings. The first-order valence-corrected chi connectivity index (χ1v) is 7.40. The molecule has 1 amide bonds. The molecular formula is C18H21N3O2. The molecule has 2 N–H and O–H groups in total. The van der Waals surface area contributed by atoms with Crippen LogP contribution in [0.4, 0.5) is 5.69 Å². The summed E-state index contributed by atoms with van der Waals surface area (Å²) in [4.78, 5) is 12.1. The van der Waals surface area contributed by atoms with Crippen molar-refractivity contribution in [3.05, 3.63) is 60.2 Å². The van der Waals surface area contributed by atoms with Gasteiger partial charge in [-0.15, -0.1) is 0 Å². The third kappa shape index (κ3) is 4.85. The average molecular weight is 311 g/mol. The van der Waals surface area contributed by atoms with Crippen molar-refractivity contribution >= 4 is 17.3 Å². The Morgan fingerprint density at radius 3 is 2.35 bits per heavy atom. The molecule has 0 aliphatic carbocycles. The van der Waals surface area contributed by atoms with E-state index in [0.29, 0.717) is 0 Å². The molecule has 5 nitrogen and oxygen atoms in total. The molecule has 0 radical (unpaired) electrons. The maximum atomic E-state index is 12.1. The van der Waals surface area contributed by atoms with Gasteiger partial charge in [0.15, 0.2) is 0 Å². The normalized spacial score (nSPS) is 12.4. The van der Waals surface area contributed by atoms with E-state index in [9.17, 15) is 4.79 Å². The zero-order valence-electron chi connectivity index (χ0n) is 13.5. The highest BCUT2D eigenvalue weighted by Crippen LogP contribution is 2.15. The molecule has 0 saturated heterocycles. The van der Waals surface area contributed by atoms with Crippen molar-refractivity contribution in [3.8, 4) is 5.75 Å². The van der Waals surface area contributed by atoms with Crippen molar-refractivity contribution < 1.29 is 9.53 Å². The molecule has 0 aliphatic heterocycles. The Balaban J connectivity index is 1.91. The van der Waals surface area contributed by atoms with Crippen molar-refractivity contribution in [1.82, 2.24) is 5.43 Å². The lowest BCUT2D eigenvalue weighted by atomic mass is 10.1. The van der Waals surface area contributed by atoms with Crippen LogP contribution in [0.1, 0.15) is 19.4 Å². The van der Waals surface area contributed by atoms with Crippen LogP contribution in [0.2, 0.25) is 0 Å². The minimum absolute atomic E-state index is 0.198. The Hall–Kier alpha value is -2.82. The smallest absolute Gasteiger partial charge is 0.262 e. The number of amides is 1. The molecule has 0 aromatic heterocycles. The van der Waals surface area contributed by atoms with Gasteiger partial charge in [-0.1, -0.05) is 30.3 Å². The van der Waals surface area contributed by atoms with Gasteiger partial charge in [0.05, 0.1) is 12.8 Å². The molecule has 0 fully saturated rings. The third-order valence-corrected chi connectivity index (χ3v) is 3.39. The summed E-state index contributed by atoms with van der Waals surface area (Å²) in [6.45, 7) is 3.64. The molecule has 0 aliphatic rings. The number of hydrazone groups is 1. The molecule has 23 heavy (non-hydrogen) atoms. The number of carbonyl (C=O) groups is 1. The predicted molar refractivity (Wildman–Crippen MR) is 92.9 cm³/mol. The Kier molecular flexibility index (Phi) is 5.74. The number of ether oxygens (including phenoxy) is 1. The van der Waals surface area contributed by atoms with Gasteiger partial charge in [-0.2, -0.15) is 5.10 Å². The van der Waals surface area contributed by atoms with Gasteiger partial charge in [-0.05, 0) is 43.7 Å². The number of methoxy groups -OCH3 is 1. The molecule has 1 atom stereocenters. The summed E-state index contributed by atoms with van der Waals surface area (Å²) < 4.78 is 5.10. The second kappa shape index (κ2) is 7.98. The van der Waals surface area contributed by atoms with Gasteiger partial charge in [0.25, 0.3) is 5.91 Å². The van der Waals surface area contributed by atoms with Crippen molar-refractivity contribution in [1.29, 1.82) is 0 Å². The predicted octanol–water partition coefficient (Wildman–Crippen LogP) is 3.04. The topological polar surface area (TPSA) is 62.7 Å². The van der Waals surface area contributed by atoms with E-state index in [-0.39, 0.29) is 5.91 Å². The van der Waals surface area contributed by atoms with E-state index in [1.54, 1.807) is 14.0 Å². The van der Waals surface area contributed by atoms with E-state index >= 15 is 0 Å². The summed E-state index contributed by atoms with van der Waals surface area (Å²) in [7, 11) is 1.62. The quantitative estimate of drug-likeness (QED) is 0.637. The molecule has 0 bridgehead atoms. The summed E-state index contributed by atoms with van der Waals surface area (Å²) in [5, 5.41) is 7.26. The van der Waals surface area contributed by atoms with Gasteiger partial charge < -0.3 is 10.1 Å². The lowest BCUT2D eigenvalue weighted by molar-refractivity contribution is -0.121. The van der Waals surface area contributed by atoms with E-state index < -0.39 is 6.04 Å². The van der Waals surface area contributed by atoms with Crippen molar-refractivity contribution in [3.63, 3.8) is 0 Å². The highest BCUT2D eigenvalue weighted by atomic mass is 16.5. The Labute approximate surface area is 136 Å². The van der Waals surface area contributed by atoms with Crippen molar-refractivity contribution in [2.75, 3.05) is 12.4 Å². The SMILES string of the molecule is COc1ccc(N[C@H](C)C(=O)N/N=C(/C)c2ccccc2)cc1. The highest BCUT2D eigenvalue weighted by Gasteiger charge is 2.12. The number of anilines is 1. The zero-order valence-corrected chi connectivity index (χ0v) is 13.5. The van der Waals surface area contributed by atoms with Crippen molar-refractivity contribution in [2.45, 2.75) is 19.9 Å². The van der Waals surface area contributed by atoms with Crippen LogP contribution in [0.25, 0.3) is 0 Å². The number of nitrogens with zero attached hydrogens (tertiary/aromatic N) is 1. The fourth-order valence-electron chi connectivity index (χ4n) is 1.98. The van der Waals surface area contributed by atoms with Crippen molar-refractivity contribution in [2.24, 2.45) is 5.10 Å². The Morgan fingerprint density at radius 1 is 1.09 bits per heavy atom. The standard InChI is InChI=1S/C18H21N3O2/c1-13(15-7-5-4-6-8-15)20-21-18(22)14(2)19-16-9-11-17(23-3)12-10-16/h4-12,14,19H,1-3H3,(H,21,22)/b20-13-/t14-/m1/s1. The molecule has 0 spiro atoms. The first kappa shape index (κ1) is 16.5. The molecule has 120 valence electrons. The maximum Gasteiger partial charge on any atom is 0.262 e. The summed E-state index contributed by atoms with van der Waals surface area (Å²) in [5.41, 5.74) is 5.17. The summed E-state index contributed by atoms with van der Waals surface area (Å²) >= 11 is 0. The summed E-state index contributed by atoms with van der Waals surface area (Å²) in [6.07, 6.45) is 0. The second-order valence-electron chi connectivity index (χ2n) is 5.13. The number of hydrogen-bond acceptors (Lipinski definition) is 4. The van der Waals surface area contributed by atoms with Crippen LogP contribution in [-0.2, 0) is 4.79 Å². The van der Waals surface area contributed by atoms with Gasteiger partial charge in [-0.3, -0.25) is 4.79 Å². The van der Waals surface area contributed by atoms with E-state index in [2.05, 4.69) is 15.8 Å². The van der Waals surface area contributed by atoms with Gasteiger partial charge in [0, 0.05) is 5.69 Å². The van der Waals surface area contributed by atoms with E-state index in [0.717, 1.165) is 22.7 Å². The lowest BCUT2D eigenvalue weighted by Crippen LogP contribution is -2.35. The minimum Gasteiger partial charge on any atom is -0.497 e. The molecular weight excluding hydrogens is 290 g/mol. The number of rotatable bonds is 6. The second-order valence-corrected chi connectivity index (χ2v) is 5.13. The Morgan fingerprint density at radius 2 is 1.74 bits per heavy atom. The zero-order chi connectivity index (χ0) is 16.7. The Bertz CT molecular complexity index is 666. The minimum atomic E-state index is -0.407. The van der Waals surface area contributed by atoms with Gasteiger partial charge in [0.1, 0.15) is 11.8 Å². The first-order chi connectivity index (χ1) is 11.1. The van der Waals surface area contributed by atoms with E-state index in [4.69, 9.17) is 4.74 Å². The largest absolute Gasteiger partial charge is 0.497 e. The molecule has 0 unspecified atom stereocenters. The van der Waals surface area contributed by atoms with Crippen LogP contribution < -0.4 is 15.5 Å². The maximum absolute atomic E-state index is 12.1. The number of nitrogens with one attached hydrogen (secondary N) is 2.